The van der Waals surface area contributed by atoms with Gasteiger partial charge in [0.25, 0.3) is 0 Å². The highest BCUT2D eigenvalue weighted by Gasteiger charge is 2.27. The molecular formula is C12H20N2O3S. The van der Waals surface area contributed by atoms with Gasteiger partial charge in [0.1, 0.15) is 0 Å². The molecule has 0 radical (unpaired) electrons. The molecule has 0 bridgehead atoms. The Morgan fingerprint density at radius 2 is 2.33 bits per heavy atom. The molecule has 0 aromatic carbocycles. The van der Waals surface area contributed by atoms with Crippen LogP contribution in [0.4, 0.5) is 4.79 Å². The van der Waals surface area contributed by atoms with E-state index in [-0.39, 0.29) is 6.03 Å². The minimum absolute atomic E-state index is 0.153. The maximum Gasteiger partial charge on any atom is 0.317 e. The van der Waals surface area contributed by atoms with Crippen LogP contribution in [0.25, 0.3) is 0 Å². The number of carbonyl (C=O) groups excluding carboxylic acids is 1. The van der Waals surface area contributed by atoms with Gasteiger partial charge in [0.15, 0.2) is 0 Å². The fourth-order valence-corrected chi connectivity index (χ4v) is 2.45. The first-order valence-electron chi connectivity index (χ1n) is 6.09. The number of urea groups is 1. The molecule has 0 saturated carbocycles. The molecule has 6 heteroatoms. The summed E-state index contributed by atoms with van der Waals surface area (Å²) < 4.78 is 0. The zero-order valence-electron chi connectivity index (χ0n) is 10.4. The molecule has 0 aromatic heterocycles. The Morgan fingerprint density at radius 3 is 3.00 bits per heavy atom. The highest BCUT2D eigenvalue weighted by atomic mass is 32.2. The molecule has 102 valence electrons. The Bertz CT molecular complexity index is 310. The standard InChI is InChI=1S/C12H20N2O3S/c1-2-7-18-8-5-13-12(17)14-6-3-4-10(9-14)11(15)16/h2,10H,1,3-9H2,(H,13,17)(H,15,16)/t10-/m0/s1. The van der Waals surface area contributed by atoms with Crippen LogP contribution >= 0.6 is 11.8 Å². The van der Waals surface area contributed by atoms with Crippen molar-refractivity contribution in [2.75, 3.05) is 31.1 Å². The highest BCUT2D eigenvalue weighted by Crippen LogP contribution is 2.16. The number of nitrogens with zero attached hydrogens (tertiary/aromatic N) is 1. The molecular weight excluding hydrogens is 252 g/mol. The lowest BCUT2D eigenvalue weighted by Crippen LogP contribution is -2.47. The van der Waals surface area contributed by atoms with Crippen molar-refractivity contribution in [3.63, 3.8) is 0 Å². The van der Waals surface area contributed by atoms with Gasteiger partial charge in [0.2, 0.25) is 0 Å². The number of carboxylic acid groups (broad SMARTS) is 1. The zero-order valence-corrected chi connectivity index (χ0v) is 11.2. The Labute approximate surface area is 112 Å². The first kappa shape index (κ1) is 14.9. The molecule has 0 aromatic rings. The molecule has 1 rings (SSSR count). The molecule has 1 heterocycles. The summed E-state index contributed by atoms with van der Waals surface area (Å²) >= 11 is 1.70. The topological polar surface area (TPSA) is 69.6 Å². The van der Waals surface area contributed by atoms with Crippen molar-refractivity contribution in [2.24, 2.45) is 5.92 Å². The lowest BCUT2D eigenvalue weighted by Gasteiger charge is -2.30. The number of piperidine rings is 1. The van der Waals surface area contributed by atoms with E-state index in [4.69, 9.17) is 5.11 Å². The first-order chi connectivity index (χ1) is 8.65. The van der Waals surface area contributed by atoms with Gasteiger partial charge in [-0.3, -0.25) is 4.79 Å². The van der Waals surface area contributed by atoms with Gasteiger partial charge in [-0.2, -0.15) is 11.8 Å². The number of nitrogens with one attached hydrogen (secondary N) is 1. The Hall–Kier alpha value is -1.17. The van der Waals surface area contributed by atoms with Crippen LogP contribution in [0.2, 0.25) is 0 Å². The average molecular weight is 272 g/mol. The first-order valence-corrected chi connectivity index (χ1v) is 7.25. The van der Waals surface area contributed by atoms with Crippen LogP contribution in [-0.4, -0.2) is 53.1 Å². The molecule has 18 heavy (non-hydrogen) atoms. The van der Waals surface area contributed by atoms with Crippen molar-refractivity contribution in [3.05, 3.63) is 12.7 Å². The number of aliphatic carboxylic acids is 1. The van der Waals surface area contributed by atoms with E-state index < -0.39 is 11.9 Å². The van der Waals surface area contributed by atoms with Gasteiger partial charge in [0, 0.05) is 31.1 Å². The molecule has 2 N–H and O–H groups in total. The number of amides is 2. The summed E-state index contributed by atoms with van der Waals surface area (Å²) in [4.78, 5) is 24.3. The highest BCUT2D eigenvalue weighted by molar-refractivity contribution is 7.99. The van der Waals surface area contributed by atoms with Crippen LogP contribution in [0, 0.1) is 5.92 Å². The van der Waals surface area contributed by atoms with Gasteiger partial charge in [-0.05, 0) is 12.8 Å². The van der Waals surface area contributed by atoms with Gasteiger partial charge in [0.05, 0.1) is 5.92 Å². The van der Waals surface area contributed by atoms with Crippen LogP contribution < -0.4 is 5.32 Å². The van der Waals surface area contributed by atoms with Crippen LogP contribution in [0.3, 0.4) is 0 Å². The van der Waals surface area contributed by atoms with Crippen molar-refractivity contribution in [2.45, 2.75) is 12.8 Å². The molecule has 5 nitrogen and oxygen atoms in total. The van der Waals surface area contributed by atoms with Crippen molar-refractivity contribution < 1.29 is 14.7 Å². The fourth-order valence-electron chi connectivity index (χ4n) is 1.87. The summed E-state index contributed by atoms with van der Waals surface area (Å²) in [6, 6.07) is -0.153. The lowest BCUT2D eigenvalue weighted by molar-refractivity contribution is -0.143. The third-order valence-corrected chi connectivity index (χ3v) is 3.78. The van der Waals surface area contributed by atoms with Gasteiger partial charge in [-0.25, -0.2) is 4.79 Å². The summed E-state index contributed by atoms with van der Waals surface area (Å²) in [6.07, 6.45) is 3.25. The maximum atomic E-state index is 11.8. The third kappa shape index (κ3) is 5.00. The summed E-state index contributed by atoms with van der Waals surface area (Å²) in [5, 5.41) is 11.7. The van der Waals surface area contributed by atoms with Crippen LogP contribution in [-0.2, 0) is 4.79 Å². The Morgan fingerprint density at radius 1 is 1.56 bits per heavy atom. The SMILES string of the molecule is C=CCSCCNC(=O)N1CCC[C@H](C(=O)O)C1. The van der Waals surface area contributed by atoms with E-state index in [0.717, 1.165) is 17.9 Å². The predicted octanol–water partition coefficient (Wildman–Crippen LogP) is 1.41. The lowest BCUT2D eigenvalue weighted by atomic mass is 9.99. The summed E-state index contributed by atoms with van der Waals surface area (Å²) in [5.41, 5.74) is 0. The van der Waals surface area contributed by atoms with Crippen molar-refractivity contribution in [1.82, 2.24) is 10.2 Å². The second-order valence-corrected chi connectivity index (χ2v) is 5.37. The van der Waals surface area contributed by atoms with Crippen molar-refractivity contribution >= 4 is 23.8 Å². The third-order valence-electron chi connectivity index (χ3n) is 2.82. The summed E-state index contributed by atoms with van der Waals surface area (Å²) in [7, 11) is 0. The molecule has 0 aliphatic carbocycles. The predicted molar refractivity (Wildman–Crippen MR) is 72.9 cm³/mol. The van der Waals surface area contributed by atoms with Gasteiger partial charge >= 0.3 is 12.0 Å². The molecule has 1 fully saturated rings. The molecule has 0 unspecified atom stereocenters. The average Bonchev–Trinajstić information content (AvgIpc) is 2.38. The van der Waals surface area contributed by atoms with E-state index in [9.17, 15) is 9.59 Å². The molecule has 1 atom stereocenters. The summed E-state index contributed by atoms with van der Waals surface area (Å²) in [6.45, 7) is 5.19. The van der Waals surface area contributed by atoms with Gasteiger partial charge in [-0.15, -0.1) is 6.58 Å². The molecule has 2 amide bonds. The fraction of sp³-hybridized carbons (Fsp3) is 0.667. The zero-order chi connectivity index (χ0) is 13.4. The van der Waals surface area contributed by atoms with Crippen LogP contribution in [0.1, 0.15) is 12.8 Å². The maximum absolute atomic E-state index is 11.8. The van der Waals surface area contributed by atoms with Crippen molar-refractivity contribution in [1.29, 1.82) is 0 Å². The molecule has 0 spiro atoms. The van der Waals surface area contributed by atoms with Gasteiger partial charge in [-0.1, -0.05) is 6.08 Å². The quantitative estimate of drug-likeness (QED) is 0.566. The van der Waals surface area contributed by atoms with E-state index in [1.54, 1.807) is 16.7 Å². The van der Waals surface area contributed by atoms with E-state index >= 15 is 0 Å². The van der Waals surface area contributed by atoms with Crippen LogP contribution in [0.5, 0.6) is 0 Å². The monoisotopic (exact) mass is 272 g/mol. The number of hydrogen-bond acceptors (Lipinski definition) is 3. The van der Waals surface area contributed by atoms with E-state index in [1.165, 1.54) is 0 Å². The van der Waals surface area contributed by atoms with Crippen molar-refractivity contribution in [3.8, 4) is 0 Å². The van der Waals surface area contributed by atoms with E-state index in [1.807, 2.05) is 6.08 Å². The number of likely N-dealkylation sites (tertiary alicyclic amines) is 1. The second kappa shape index (κ2) is 8.02. The number of thioether (sulfide) groups is 1. The number of rotatable bonds is 6. The number of carboxylic acids is 1. The number of hydrogen-bond donors (Lipinski definition) is 2. The number of carbonyl (C=O) groups is 2. The Balaban J connectivity index is 2.24. The smallest absolute Gasteiger partial charge is 0.317 e. The molecule has 1 saturated heterocycles. The normalized spacial score (nSPS) is 19.3. The summed E-state index contributed by atoms with van der Waals surface area (Å²) in [5.74, 6) is 0.489. The minimum atomic E-state index is -0.811. The van der Waals surface area contributed by atoms with Crippen LogP contribution in [0.15, 0.2) is 12.7 Å². The second-order valence-electron chi connectivity index (χ2n) is 4.22. The molecule has 1 aliphatic rings. The van der Waals surface area contributed by atoms with Gasteiger partial charge < -0.3 is 15.3 Å². The molecule has 1 aliphatic heterocycles. The largest absolute Gasteiger partial charge is 0.481 e. The van der Waals surface area contributed by atoms with E-state index in [2.05, 4.69) is 11.9 Å². The Kier molecular flexibility index (Phi) is 6.64. The minimum Gasteiger partial charge on any atom is -0.481 e. The van der Waals surface area contributed by atoms with E-state index in [0.29, 0.717) is 26.1 Å².